The van der Waals surface area contributed by atoms with Gasteiger partial charge in [0.15, 0.2) is 0 Å². The Kier molecular flexibility index (Phi) is 5.76. The van der Waals surface area contributed by atoms with Crippen molar-refractivity contribution in [1.29, 1.82) is 0 Å². The van der Waals surface area contributed by atoms with E-state index in [0.717, 1.165) is 31.5 Å². The first-order valence-corrected chi connectivity index (χ1v) is 10.5. The number of nitrogens with zero attached hydrogens (tertiary/aromatic N) is 3. The fourth-order valence-electron chi connectivity index (χ4n) is 3.45. The summed E-state index contributed by atoms with van der Waals surface area (Å²) in [4.78, 5) is 16.8. The van der Waals surface area contributed by atoms with Crippen LogP contribution in [0.1, 0.15) is 24.8 Å². The van der Waals surface area contributed by atoms with Gasteiger partial charge in [-0.25, -0.2) is 8.42 Å². The second kappa shape index (κ2) is 7.85. The van der Waals surface area contributed by atoms with Gasteiger partial charge < -0.3 is 4.90 Å². The van der Waals surface area contributed by atoms with Gasteiger partial charge in [-0.15, -0.1) is 0 Å². The molecule has 2 fully saturated rings. The molecule has 3 rings (SSSR count). The number of likely N-dealkylation sites (tertiary alicyclic amines) is 1. The van der Waals surface area contributed by atoms with E-state index in [2.05, 4.69) is 4.90 Å². The number of amides is 1. The molecule has 0 aromatic heterocycles. The normalized spacial score (nSPS) is 20.6. The van der Waals surface area contributed by atoms with Crippen LogP contribution in [0.2, 0.25) is 0 Å². The van der Waals surface area contributed by atoms with E-state index in [9.17, 15) is 13.2 Å². The fraction of sp³-hybridized carbons (Fsp3) is 0.611. The van der Waals surface area contributed by atoms with Crippen LogP contribution in [0.25, 0.3) is 0 Å². The summed E-state index contributed by atoms with van der Waals surface area (Å²) < 4.78 is 26.9. The van der Waals surface area contributed by atoms with Crippen molar-refractivity contribution in [2.24, 2.45) is 0 Å². The smallest absolute Gasteiger partial charge is 0.243 e. The van der Waals surface area contributed by atoms with Crippen molar-refractivity contribution >= 4 is 15.9 Å². The van der Waals surface area contributed by atoms with Gasteiger partial charge in [0.05, 0.1) is 11.4 Å². The third-order valence-corrected chi connectivity index (χ3v) is 6.97. The molecule has 0 saturated carbocycles. The first-order valence-electron chi connectivity index (χ1n) is 9.04. The lowest BCUT2D eigenvalue weighted by Gasteiger charge is -2.35. The number of carbonyl (C=O) groups is 1. The minimum Gasteiger partial charge on any atom is -0.339 e. The van der Waals surface area contributed by atoms with Crippen molar-refractivity contribution < 1.29 is 13.2 Å². The largest absolute Gasteiger partial charge is 0.339 e. The summed E-state index contributed by atoms with van der Waals surface area (Å²) in [7, 11) is -3.47. The minimum atomic E-state index is -3.47. The van der Waals surface area contributed by atoms with Gasteiger partial charge in [-0.3, -0.25) is 9.69 Å². The standard InChI is InChI=1S/C18H27N3O3S/c1-16-5-7-17(8-6-16)25(23,24)21-13-11-20(12-14-21)18(22)15-19-9-3-2-4-10-19/h5-8H,2-4,9-15H2,1H3. The summed E-state index contributed by atoms with van der Waals surface area (Å²) in [5.41, 5.74) is 1.03. The van der Waals surface area contributed by atoms with Gasteiger partial charge in [0, 0.05) is 26.2 Å². The average Bonchev–Trinajstić information content (AvgIpc) is 2.63. The number of piperazine rings is 1. The van der Waals surface area contributed by atoms with Crippen LogP contribution in [0, 0.1) is 6.92 Å². The van der Waals surface area contributed by atoms with Crippen molar-refractivity contribution in [3.63, 3.8) is 0 Å². The van der Waals surface area contributed by atoms with Crippen LogP contribution in [-0.4, -0.2) is 74.2 Å². The van der Waals surface area contributed by atoms with Gasteiger partial charge in [0.1, 0.15) is 0 Å². The highest BCUT2D eigenvalue weighted by Gasteiger charge is 2.30. The monoisotopic (exact) mass is 365 g/mol. The van der Waals surface area contributed by atoms with Gasteiger partial charge in [0.25, 0.3) is 0 Å². The zero-order chi connectivity index (χ0) is 17.9. The molecule has 2 saturated heterocycles. The molecule has 138 valence electrons. The molecular formula is C18H27N3O3S. The molecule has 25 heavy (non-hydrogen) atoms. The molecule has 1 aromatic carbocycles. The van der Waals surface area contributed by atoms with Gasteiger partial charge >= 0.3 is 0 Å². The summed E-state index contributed by atoms with van der Waals surface area (Å²) in [5, 5.41) is 0. The second-order valence-corrected chi connectivity index (χ2v) is 8.87. The summed E-state index contributed by atoms with van der Waals surface area (Å²) in [5.74, 6) is 0.120. The number of sulfonamides is 1. The van der Waals surface area contributed by atoms with Crippen molar-refractivity contribution in [1.82, 2.24) is 14.1 Å². The summed E-state index contributed by atoms with van der Waals surface area (Å²) in [6.45, 7) is 6.05. The molecule has 6 nitrogen and oxygen atoms in total. The van der Waals surface area contributed by atoms with Crippen LogP contribution in [0.3, 0.4) is 0 Å². The first-order chi connectivity index (χ1) is 12.0. The molecule has 0 radical (unpaired) electrons. The second-order valence-electron chi connectivity index (χ2n) is 6.93. The first kappa shape index (κ1) is 18.4. The van der Waals surface area contributed by atoms with Crippen molar-refractivity contribution in [3.05, 3.63) is 29.8 Å². The Morgan fingerprint density at radius 3 is 2.12 bits per heavy atom. The average molecular weight is 365 g/mol. The molecule has 0 atom stereocenters. The van der Waals surface area contributed by atoms with E-state index in [0.29, 0.717) is 37.6 Å². The predicted octanol–water partition coefficient (Wildman–Crippen LogP) is 1.31. The maximum Gasteiger partial charge on any atom is 0.243 e. The van der Waals surface area contributed by atoms with E-state index in [-0.39, 0.29) is 5.91 Å². The Morgan fingerprint density at radius 2 is 1.52 bits per heavy atom. The molecule has 1 aromatic rings. The molecule has 0 aliphatic carbocycles. The zero-order valence-electron chi connectivity index (χ0n) is 14.9. The molecule has 2 aliphatic rings. The summed E-state index contributed by atoms with van der Waals surface area (Å²) >= 11 is 0. The highest BCUT2D eigenvalue weighted by atomic mass is 32.2. The number of aryl methyl sites for hydroxylation is 1. The maximum absolute atomic E-state index is 12.7. The Bertz CT molecular complexity index is 689. The lowest BCUT2D eigenvalue weighted by atomic mass is 10.1. The molecule has 0 unspecified atom stereocenters. The summed E-state index contributed by atoms with van der Waals surface area (Å²) in [6.07, 6.45) is 3.58. The van der Waals surface area contributed by atoms with Crippen LogP contribution in [0.5, 0.6) is 0 Å². The molecule has 0 spiro atoms. The Labute approximate surface area is 150 Å². The number of benzene rings is 1. The van der Waals surface area contributed by atoms with Crippen LogP contribution in [0.4, 0.5) is 0 Å². The fourth-order valence-corrected chi connectivity index (χ4v) is 4.87. The van der Waals surface area contributed by atoms with Crippen LogP contribution >= 0.6 is 0 Å². The van der Waals surface area contributed by atoms with Gasteiger partial charge in [-0.2, -0.15) is 4.31 Å². The van der Waals surface area contributed by atoms with E-state index < -0.39 is 10.0 Å². The maximum atomic E-state index is 12.7. The highest BCUT2D eigenvalue weighted by molar-refractivity contribution is 7.89. The van der Waals surface area contributed by atoms with Crippen molar-refractivity contribution in [2.45, 2.75) is 31.1 Å². The molecule has 7 heteroatoms. The zero-order valence-corrected chi connectivity index (χ0v) is 15.7. The van der Waals surface area contributed by atoms with E-state index >= 15 is 0 Å². The number of piperidine rings is 1. The molecule has 0 N–H and O–H groups in total. The quantitative estimate of drug-likeness (QED) is 0.807. The topological polar surface area (TPSA) is 60.9 Å². The predicted molar refractivity (Wildman–Crippen MR) is 96.8 cm³/mol. The van der Waals surface area contributed by atoms with E-state index in [1.807, 2.05) is 19.1 Å². The van der Waals surface area contributed by atoms with E-state index in [1.165, 1.54) is 10.7 Å². The van der Waals surface area contributed by atoms with Crippen LogP contribution < -0.4 is 0 Å². The van der Waals surface area contributed by atoms with Crippen molar-refractivity contribution in [2.75, 3.05) is 45.8 Å². The minimum absolute atomic E-state index is 0.120. The van der Waals surface area contributed by atoms with Crippen molar-refractivity contribution in [3.8, 4) is 0 Å². The third kappa shape index (κ3) is 4.40. The van der Waals surface area contributed by atoms with Crippen LogP contribution in [0.15, 0.2) is 29.2 Å². The molecule has 2 aliphatic heterocycles. The van der Waals surface area contributed by atoms with Gasteiger partial charge in [-0.05, 0) is 45.0 Å². The molecule has 1 amide bonds. The van der Waals surface area contributed by atoms with Gasteiger partial charge in [-0.1, -0.05) is 24.1 Å². The lowest BCUT2D eigenvalue weighted by molar-refractivity contribution is -0.133. The van der Waals surface area contributed by atoms with E-state index in [1.54, 1.807) is 17.0 Å². The SMILES string of the molecule is Cc1ccc(S(=O)(=O)N2CCN(C(=O)CN3CCCCC3)CC2)cc1. The molecule has 2 heterocycles. The number of hydrogen-bond acceptors (Lipinski definition) is 4. The summed E-state index contributed by atoms with van der Waals surface area (Å²) in [6, 6.07) is 6.92. The lowest BCUT2D eigenvalue weighted by Crippen LogP contribution is -2.52. The third-order valence-electron chi connectivity index (χ3n) is 5.06. The number of rotatable bonds is 4. The number of hydrogen-bond donors (Lipinski definition) is 0. The van der Waals surface area contributed by atoms with Crippen LogP contribution in [-0.2, 0) is 14.8 Å². The Morgan fingerprint density at radius 1 is 0.920 bits per heavy atom. The van der Waals surface area contributed by atoms with E-state index in [4.69, 9.17) is 0 Å². The number of carbonyl (C=O) groups excluding carboxylic acids is 1. The molecular weight excluding hydrogens is 338 g/mol. The Balaban J connectivity index is 1.55. The van der Waals surface area contributed by atoms with Gasteiger partial charge in [0.2, 0.25) is 15.9 Å². The Hall–Kier alpha value is -1.44. The highest BCUT2D eigenvalue weighted by Crippen LogP contribution is 2.18. The molecule has 0 bridgehead atoms.